The molecule has 0 radical (unpaired) electrons. The van der Waals surface area contributed by atoms with Gasteiger partial charge in [0.25, 0.3) is 0 Å². The Kier molecular flexibility index (Phi) is 5.51. The normalized spacial score (nSPS) is 21.3. The summed E-state index contributed by atoms with van der Waals surface area (Å²) >= 11 is 0. The first-order valence-electron chi connectivity index (χ1n) is 9.73. The third-order valence-corrected chi connectivity index (χ3v) is 5.45. The molecule has 0 saturated heterocycles. The van der Waals surface area contributed by atoms with E-state index in [-0.39, 0.29) is 12.0 Å². The Morgan fingerprint density at radius 1 is 1.07 bits per heavy atom. The van der Waals surface area contributed by atoms with Crippen LogP contribution in [-0.4, -0.2) is 46.2 Å². The van der Waals surface area contributed by atoms with Crippen LogP contribution in [0.2, 0.25) is 0 Å². The average molecular weight is 394 g/mol. The third kappa shape index (κ3) is 3.97. The number of nitrogens with two attached hydrogens (primary N) is 1. The first-order chi connectivity index (χ1) is 14.1. The van der Waals surface area contributed by atoms with Gasteiger partial charge < -0.3 is 20.3 Å². The summed E-state index contributed by atoms with van der Waals surface area (Å²) in [4.78, 5) is 4.83. The number of hydrogen-bond donors (Lipinski definition) is 2. The Hall–Kier alpha value is -2.90. The van der Waals surface area contributed by atoms with Crippen molar-refractivity contribution in [2.75, 3.05) is 14.2 Å². The second kappa shape index (κ2) is 8.23. The van der Waals surface area contributed by atoms with Crippen molar-refractivity contribution in [1.82, 2.24) is 14.8 Å². The van der Waals surface area contributed by atoms with Crippen LogP contribution >= 0.6 is 0 Å². The molecule has 7 nitrogen and oxygen atoms in total. The summed E-state index contributed by atoms with van der Waals surface area (Å²) in [6.45, 7) is 0.539. The zero-order valence-electron chi connectivity index (χ0n) is 16.7. The van der Waals surface area contributed by atoms with E-state index >= 15 is 0 Å². The largest absolute Gasteiger partial charge is 0.493 e. The fourth-order valence-corrected chi connectivity index (χ4v) is 3.89. The van der Waals surface area contributed by atoms with Gasteiger partial charge in [-0.3, -0.25) is 0 Å². The van der Waals surface area contributed by atoms with Crippen LogP contribution in [-0.2, 0) is 6.54 Å². The molecule has 1 aliphatic carbocycles. The van der Waals surface area contributed by atoms with Crippen LogP contribution in [0.25, 0.3) is 11.4 Å². The topological polar surface area (TPSA) is 95.4 Å². The molecule has 3 aromatic rings. The lowest BCUT2D eigenvalue weighted by Gasteiger charge is -2.13. The number of hydrogen-bond acceptors (Lipinski definition) is 6. The second-order valence-electron chi connectivity index (χ2n) is 7.41. The quantitative estimate of drug-likeness (QED) is 0.667. The minimum absolute atomic E-state index is 0.0742. The maximum atomic E-state index is 10.1. The zero-order chi connectivity index (χ0) is 20.4. The smallest absolute Gasteiger partial charge is 0.181 e. The van der Waals surface area contributed by atoms with Crippen LogP contribution in [0.4, 0.5) is 0 Å². The van der Waals surface area contributed by atoms with Crippen molar-refractivity contribution in [1.29, 1.82) is 0 Å². The lowest BCUT2D eigenvalue weighted by molar-refractivity contribution is 0.163. The molecule has 7 heteroatoms. The molecule has 0 amide bonds. The van der Waals surface area contributed by atoms with Gasteiger partial charge in [0.05, 0.1) is 26.9 Å². The van der Waals surface area contributed by atoms with E-state index in [1.165, 1.54) is 0 Å². The lowest BCUT2D eigenvalue weighted by atomic mass is 10.1. The van der Waals surface area contributed by atoms with Gasteiger partial charge >= 0.3 is 0 Å². The molecule has 1 heterocycles. The average Bonchev–Trinajstić information content (AvgIpc) is 3.31. The Morgan fingerprint density at radius 2 is 1.83 bits per heavy atom. The molecule has 2 aromatic carbocycles. The Labute approximate surface area is 170 Å². The predicted octanol–water partition coefficient (Wildman–Crippen LogP) is 2.58. The highest BCUT2D eigenvalue weighted by Gasteiger charge is 2.34. The monoisotopic (exact) mass is 394 g/mol. The molecule has 1 aliphatic rings. The van der Waals surface area contributed by atoms with Crippen molar-refractivity contribution in [2.45, 2.75) is 37.5 Å². The highest BCUT2D eigenvalue weighted by molar-refractivity contribution is 5.54. The molecule has 0 unspecified atom stereocenters. The van der Waals surface area contributed by atoms with E-state index in [2.05, 4.69) is 0 Å². The lowest BCUT2D eigenvalue weighted by Crippen LogP contribution is -2.28. The van der Waals surface area contributed by atoms with Crippen LogP contribution in [0.1, 0.15) is 30.1 Å². The van der Waals surface area contributed by atoms with Gasteiger partial charge in [-0.15, -0.1) is 0 Å². The predicted molar refractivity (Wildman–Crippen MR) is 110 cm³/mol. The van der Waals surface area contributed by atoms with Crippen LogP contribution in [0.5, 0.6) is 11.5 Å². The Bertz CT molecular complexity index is 963. The van der Waals surface area contributed by atoms with Crippen molar-refractivity contribution in [3.05, 3.63) is 59.9 Å². The summed E-state index contributed by atoms with van der Waals surface area (Å²) in [5.74, 6) is 2.96. The number of aromatic nitrogens is 3. The molecule has 3 N–H and O–H groups in total. The van der Waals surface area contributed by atoms with E-state index in [0.717, 1.165) is 17.0 Å². The molecule has 0 bridgehead atoms. The minimum atomic E-state index is -0.508. The molecule has 1 saturated carbocycles. The second-order valence-corrected chi connectivity index (χ2v) is 7.41. The van der Waals surface area contributed by atoms with Gasteiger partial charge in [0.2, 0.25) is 0 Å². The fourth-order valence-electron chi connectivity index (χ4n) is 3.89. The summed E-state index contributed by atoms with van der Waals surface area (Å²) in [5.41, 5.74) is 8.04. The third-order valence-electron chi connectivity index (χ3n) is 5.45. The highest BCUT2D eigenvalue weighted by Crippen LogP contribution is 2.35. The van der Waals surface area contributed by atoms with Crippen molar-refractivity contribution < 1.29 is 14.6 Å². The summed E-state index contributed by atoms with van der Waals surface area (Å²) in [5, 5.41) is 14.9. The van der Waals surface area contributed by atoms with Gasteiger partial charge in [0.1, 0.15) is 5.82 Å². The number of aliphatic hydroxyl groups excluding tert-OH is 1. The summed E-state index contributed by atoms with van der Waals surface area (Å²) in [6.07, 6.45) is 0.784. The maximum absolute atomic E-state index is 10.1. The Morgan fingerprint density at radius 3 is 2.48 bits per heavy atom. The molecule has 0 aliphatic heterocycles. The number of methoxy groups -OCH3 is 2. The van der Waals surface area contributed by atoms with Crippen LogP contribution in [0, 0.1) is 0 Å². The standard InChI is InChI=1S/C22H26N4O3/c1-28-19-9-8-14(10-20(19)29-2)13-26-22(16-11-17(23)18(27)12-16)24-21(25-26)15-6-4-3-5-7-15/h3-10,16-18,27H,11-13,23H2,1-2H3/t16-,17-,18-/m0/s1. The maximum Gasteiger partial charge on any atom is 0.181 e. The van der Waals surface area contributed by atoms with Crippen LogP contribution in [0.3, 0.4) is 0 Å². The van der Waals surface area contributed by atoms with Gasteiger partial charge in [-0.05, 0) is 30.5 Å². The summed E-state index contributed by atoms with van der Waals surface area (Å²) in [7, 11) is 3.24. The minimum Gasteiger partial charge on any atom is -0.493 e. The van der Waals surface area contributed by atoms with Crippen LogP contribution in [0.15, 0.2) is 48.5 Å². The zero-order valence-corrected chi connectivity index (χ0v) is 16.7. The fraction of sp³-hybridized carbons (Fsp3) is 0.364. The molecule has 1 fully saturated rings. The number of aliphatic hydroxyl groups is 1. The van der Waals surface area contributed by atoms with E-state index in [9.17, 15) is 5.11 Å². The van der Waals surface area contributed by atoms with Gasteiger partial charge in [-0.2, -0.15) is 5.10 Å². The molecule has 3 atom stereocenters. The van der Waals surface area contributed by atoms with Crippen LogP contribution < -0.4 is 15.2 Å². The summed E-state index contributed by atoms with van der Waals surface area (Å²) in [6, 6.07) is 15.5. The summed E-state index contributed by atoms with van der Waals surface area (Å²) < 4.78 is 12.7. The number of benzene rings is 2. The van der Waals surface area contributed by atoms with Crippen molar-refractivity contribution in [3.8, 4) is 22.9 Å². The van der Waals surface area contributed by atoms with E-state index in [1.54, 1.807) is 14.2 Å². The molecule has 4 rings (SSSR count). The molecular formula is C22H26N4O3. The number of ether oxygens (including phenoxy) is 2. The van der Waals surface area contributed by atoms with Crippen molar-refractivity contribution in [3.63, 3.8) is 0 Å². The van der Waals surface area contributed by atoms with E-state index in [1.807, 2.05) is 53.2 Å². The van der Waals surface area contributed by atoms with E-state index in [4.69, 9.17) is 25.3 Å². The van der Waals surface area contributed by atoms with Crippen molar-refractivity contribution >= 4 is 0 Å². The van der Waals surface area contributed by atoms with Gasteiger partial charge in [-0.25, -0.2) is 9.67 Å². The Balaban J connectivity index is 1.70. The van der Waals surface area contributed by atoms with Crippen molar-refractivity contribution in [2.24, 2.45) is 5.73 Å². The molecule has 1 aromatic heterocycles. The molecule has 29 heavy (non-hydrogen) atoms. The molecular weight excluding hydrogens is 368 g/mol. The number of nitrogens with zero attached hydrogens (tertiary/aromatic N) is 3. The SMILES string of the molecule is COc1ccc(Cn2nc(-c3ccccc3)nc2[C@H]2C[C@H](N)[C@@H](O)C2)cc1OC. The molecule has 152 valence electrons. The van der Waals surface area contributed by atoms with E-state index in [0.29, 0.717) is 36.7 Å². The first-order valence-corrected chi connectivity index (χ1v) is 9.73. The van der Waals surface area contributed by atoms with Gasteiger partial charge in [0, 0.05) is 17.5 Å². The first kappa shape index (κ1) is 19.4. The van der Waals surface area contributed by atoms with Gasteiger partial charge in [0.15, 0.2) is 17.3 Å². The van der Waals surface area contributed by atoms with E-state index < -0.39 is 6.10 Å². The van der Waals surface area contributed by atoms with Gasteiger partial charge in [-0.1, -0.05) is 36.4 Å². The number of rotatable bonds is 6. The highest BCUT2D eigenvalue weighted by atomic mass is 16.5. The molecule has 0 spiro atoms.